The van der Waals surface area contributed by atoms with Gasteiger partial charge in [0.15, 0.2) is 0 Å². The van der Waals surface area contributed by atoms with Gasteiger partial charge in [-0.3, -0.25) is 0 Å². The summed E-state index contributed by atoms with van der Waals surface area (Å²) in [6, 6.07) is 0. The minimum absolute atomic E-state index is 0.106. The van der Waals surface area contributed by atoms with Crippen LogP contribution in [-0.4, -0.2) is 21.7 Å². The lowest BCUT2D eigenvalue weighted by molar-refractivity contribution is 0.184. The molecule has 0 aliphatic rings. The quantitative estimate of drug-likeness (QED) is 0.189. The first-order chi connectivity index (χ1) is 13.5. The molecule has 0 aromatic carbocycles. The van der Waals surface area contributed by atoms with Gasteiger partial charge in [0.25, 0.3) is 0 Å². The Morgan fingerprint density at radius 1 is 0.571 bits per heavy atom. The average Bonchev–Trinajstić information content (AvgIpc) is 2.65. The standard InChI is InChI=1S/C26H54OS/c1-5-6-7-8-9-10-11-12-13-14-15-16-17-18-19-20-21-22-23-25(27)24-28-26(2,3)4/h25,27H,5-24H2,1-4H3. The molecular weight excluding hydrogens is 360 g/mol. The molecule has 2 heteroatoms. The van der Waals surface area contributed by atoms with Crippen LogP contribution in [0.4, 0.5) is 0 Å². The molecule has 0 amide bonds. The maximum absolute atomic E-state index is 10.0. The highest BCUT2D eigenvalue weighted by Gasteiger charge is 2.13. The highest BCUT2D eigenvalue weighted by molar-refractivity contribution is 8.00. The van der Waals surface area contributed by atoms with Crippen LogP contribution in [0, 0.1) is 0 Å². The maximum atomic E-state index is 10.0. The van der Waals surface area contributed by atoms with Gasteiger partial charge >= 0.3 is 0 Å². The van der Waals surface area contributed by atoms with E-state index in [1.807, 2.05) is 11.8 Å². The van der Waals surface area contributed by atoms with E-state index in [1.54, 1.807) is 0 Å². The molecule has 0 fully saturated rings. The SMILES string of the molecule is CCCCCCCCCCCCCCCCCCCCC(O)CSC(C)(C)C. The predicted molar refractivity (Wildman–Crippen MR) is 132 cm³/mol. The van der Waals surface area contributed by atoms with Crippen LogP contribution in [0.3, 0.4) is 0 Å². The van der Waals surface area contributed by atoms with Gasteiger partial charge in [0.1, 0.15) is 0 Å². The summed E-state index contributed by atoms with van der Waals surface area (Å²) in [6.45, 7) is 8.96. The topological polar surface area (TPSA) is 20.2 Å². The minimum atomic E-state index is -0.106. The fourth-order valence-corrected chi connectivity index (χ4v) is 4.57. The number of hydrogen-bond donors (Lipinski definition) is 1. The van der Waals surface area contributed by atoms with Crippen molar-refractivity contribution < 1.29 is 5.11 Å². The first kappa shape index (κ1) is 28.3. The first-order valence-electron chi connectivity index (χ1n) is 12.8. The Kier molecular flexibility index (Phi) is 20.8. The summed E-state index contributed by atoms with van der Waals surface area (Å²) in [4.78, 5) is 0. The summed E-state index contributed by atoms with van der Waals surface area (Å²) in [6.07, 6.45) is 26.4. The van der Waals surface area contributed by atoms with Crippen molar-refractivity contribution in [2.75, 3.05) is 5.75 Å². The zero-order valence-corrected chi connectivity index (χ0v) is 20.9. The van der Waals surface area contributed by atoms with Gasteiger partial charge in [0, 0.05) is 10.5 Å². The molecule has 1 nitrogen and oxygen atoms in total. The molecule has 0 radical (unpaired) electrons. The number of unbranched alkanes of at least 4 members (excludes halogenated alkanes) is 17. The van der Waals surface area contributed by atoms with Gasteiger partial charge in [-0.25, -0.2) is 0 Å². The molecule has 170 valence electrons. The molecule has 0 heterocycles. The van der Waals surface area contributed by atoms with Gasteiger partial charge in [-0.05, 0) is 6.42 Å². The van der Waals surface area contributed by atoms with E-state index in [9.17, 15) is 5.11 Å². The van der Waals surface area contributed by atoms with Crippen molar-refractivity contribution in [3.05, 3.63) is 0 Å². The molecule has 0 saturated carbocycles. The molecule has 0 aliphatic heterocycles. The fourth-order valence-electron chi connectivity index (χ4n) is 3.71. The van der Waals surface area contributed by atoms with Crippen LogP contribution in [0.1, 0.15) is 150 Å². The molecule has 0 bridgehead atoms. The highest BCUT2D eigenvalue weighted by Crippen LogP contribution is 2.25. The van der Waals surface area contributed by atoms with Crippen molar-refractivity contribution >= 4 is 11.8 Å². The Labute approximate surface area is 183 Å². The van der Waals surface area contributed by atoms with Gasteiger partial charge in [0.2, 0.25) is 0 Å². The predicted octanol–water partition coefficient (Wildman–Crippen LogP) is 9.31. The van der Waals surface area contributed by atoms with Crippen molar-refractivity contribution in [2.45, 2.75) is 161 Å². The minimum Gasteiger partial charge on any atom is -0.392 e. The van der Waals surface area contributed by atoms with Crippen LogP contribution in [0.15, 0.2) is 0 Å². The zero-order chi connectivity index (χ0) is 20.9. The molecule has 28 heavy (non-hydrogen) atoms. The Bertz CT molecular complexity index is 297. The molecule has 1 atom stereocenters. The first-order valence-corrected chi connectivity index (χ1v) is 13.8. The Morgan fingerprint density at radius 2 is 0.893 bits per heavy atom. The van der Waals surface area contributed by atoms with E-state index in [0.29, 0.717) is 0 Å². The van der Waals surface area contributed by atoms with Gasteiger partial charge in [-0.1, -0.05) is 143 Å². The van der Waals surface area contributed by atoms with Crippen molar-refractivity contribution in [1.82, 2.24) is 0 Å². The normalized spacial score (nSPS) is 13.2. The summed E-state index contributed by atoms with van der Waals surface area (Å²) in [5.41, 5.74) is 0. The number of hydrogen-bond acceptors (Lipinski definition) is 2. The summed E-state index contributed by atoms with van der Waals surface area (Å²) in [5.74, 6) is 0.891. The maximum Gasteiger partial charge on any atom is 0.0630 e. The average molecular weight is 415 g/mol. The Balaban J connectivity index is 3.12. The monoisotopic (exact) mass is 414 g/mol. The van der Waals surface area contributed by atoms with E-state index in [-0.39, 0.29) is 10.9 Å². The van der Waals surface area contributed by atoms with E-state index in [2.05, 4.69) is 27.7 Å². The lowest BCUT2D eigenvalue weighted by Crippen LogP contribution is -2.16. The molecule has 0 aromatic rings. The van der Waals surface area contributed by atoms with Crippen molar-refractivity contribution in [3.63, 3.8) is 0 Å². The smallest absolute Gasteiger partial charge is 0.0630 e. The number of thioether (sulfide) groups is 1. The second-order valence-corrected chi connectivity index (χ2v) is 11.7. The van der Waals surface area contributed by atoms with Crippen LogP contribution >= 0.6 is 11.8 Å². The molecule has 0 spiro atoms. The Hall–Kier alpha value is 0.310. The number of rotatable bonds is 21. The van der Waals surface area contributed by atoms with E-state index in [1.165, 1.54) is 116 Å². The molecule has 0 saturated heterocycles. The lowest BCUT2D eigenvalue weighted by atomic mass is 10.0. The van der Waals surface area contributed by atoms with Crippen LogP contribution in [0.2, 0.25) is 0 Å². The molecule has 0 rings (SSSR count). The van der Waals surface area contributed by atoms with Crippen molar-refractivity contribution in [3.8, 4) is 0 Å². The third-order valence-corrected chi connectivity index (χ3v) is 7.02. The zero-order valence-electron chi connectivity index (χ0n) is 20.1. The summed E-state index contributed by atoms with van der Waals surface area (Å²) in [7, 11) is 0. The van der Waals surface area contributed by atoms with Crippen LogP contribution < -0.4 is 0 Å². The van der Waals surface area contributed by atoms with E-state index in [0.717, 1.165) is 12.2 Å². The largest absolute Gasteiger partial charge is 0.392 e. The lowest BCUT2D eigenvalue weighted by Gasteiger charge is -2.20. The molecule has 1 unspecified atom stereocenters. The van der Waals surface area contributed by atoms with Gasteiger partial charge in [-0.2, -0.15) is 11.8 Å². The third-order valence-electron chi connectivity index (χ3n) is 5.60. The van der Waals surface area contributed by atoms with Crippen LogP contribution in [-0.2, 0) is 0 Å². The highest BCUT2D eigenvalue weighted by atomic mass is 32.2. The number of aliphatic hydroxyl groups excluding tert-OH is 1. The Morgan fingerprint density at radius 3 is 1.21 bits per heavy atom. The van der Waals surface area contributed by atoms with E-state index < -0.39 is 0 Å². The van der Waals surface area contributed by atoms with Gasteiger partial charge < -0.3 is 5.11 Å². The van der Waals surface area contributed by atoms with E-state index in [4.69, 9.17) is 0 Å². The molecule has 0 aliphatic carbocycles. The van der Waals surface area contributed by atoms with Gasteiger partial charge in [0.05, 0.1) is 6.10 Å². The summed E-state index contributed by atoms with van der Waals surface area (Å²) < 4.78 is 0.273. The van der Waals surface area contributed by atoms with Crippen LogP contribution in [0.25, 0.3) is 0 Å². The second kappa shape index (κ2) is 20.6. The number of aliphatic hydroxyl groups is 1. The fraction of sp³-hybridized carbons (Fsp3) is 1.00. The third kappa shape index (κ3) is 24.3. The summed E-state index contributed by atoms with van der Waals surface area (Å²) >= 11 is 1.88. The van der Waals surface area contributed by atoms with Crippen molar-refractivity contribution in [1.29, 1.82) is 0 Å². The summed E-state index contributed by atoms with van der Waals surface area (Å²) in [5, 5.41) is 10.0. The molecule has 1 N–H and O–H groups in total. The van der Waals surface area contributed by atoms with E-state index >= 15 is 0 Å². The molecular formula is C26H54OS. The van der Waals surface area contributed by atoms with Crippen molar-refractivity contribution in [2.24, 2.45) is 0 Å². The van der Waals surface area contributed by atoms with Crippen LogP contribution in [0.5, 0.6) is 0 Å². The molecule has 0 aromatic heterocycles. The second-order valence-electron chi connectivity index (χ2n) is 9.88. The van der Waals surface area contributed by atoms with Gasteiger partial charge in [-0.15, -0.1) is 0 Å².